The second-order valence-electron chi connectivity index (χ2n) is 7.69. The monoisotopic (exact) mass is 556 g/mol. The van der Waals surface area contributed by atoms with Crippen LogP contribution in [0.4, 0.5) is 10.5 Å². The van der Waals surface area contributed by atoms with E-state index < -0.39 is 0 Å². The third-order valence-electron chi connectivity index (χ3n) is 4.90. The summed E-state index contributed by atoms with van der Waals surface area (Å²) in [5.74, 6) is 1.19. The first-order valence-electron chi connectivity index (χ1n) is 10.7. The maximum absolute atomic E-state index is 12.3. The summed E-state index contributed by atoms with van der Waals surface area (Å²) in [6.07, 6.45) is 2.17. The molecule has 3 rings (SSSR count). The van der Waals surface area contributed by atoms with Gasteiger partial charge in [-0.05, 0) is 43.4 Å². The summed E-state index contributed by atoms with van der Waals surface area (Å²) < 4.78 is 0. The Kier molecular flexibility index (Phi) is 10.5. The van der Waals surface area contributed by atoms with Crippen LogP contribution >= 0.6 is 35.3 Å². The fraction of sp³-hybridized carbons (Fsp3) is 0.500. The van der Waals surface area contributed by atoms with Crippen LogP contribution in [0.2, 0.25) is 0 Å². The summed E-state index contributed by atoms with van der Waals surface area (Å²) in [4.78, 5) is 23.5. The molecule has 2 amide bonds. The molecule has 31 heavy (non-hydrogen) atoms. The first-order chi connectivity index (χ1) is 14.5. The average Bonchev–Trinajstić information content (AvgIpc) is 3.42. The number of hydrogen-bond acceptors (Lipinski definition) is 4. The number of aromatic nitrogens is 1. The molecule has 0 saturated carbocycles. The van der Waals surface area contributed by atoms with Crippen LogP contribution in [0.15, 0.2) is 34.6 Å². The standard InChI is InChI=1S/C22H32N6OS.HI/c1-4-23-21(25-14-20-27-19(15-30-20)16(2)3)24-13-17-8-7-9-18(12-17)26-22(29)28-10-5-6-11-28;/h7-9,12,15-16H,4-6,10-11,13-14H2,1-3H3,(H,26,29)(H2,23,24,25);1H. The number of aliphatic imine (C=N–C) groups is 1. The van der Waals surface area contributed by atoms with Gasteiger partial charge in [0.15, 0.2) is 5.96 Å². The lowest BCUT2D eigenvalue weighted by atomic mass is 10.2. The molecule has 0 radical (unpaired) electrons. The van der Waals surface area contributed by atoms with Crippen molar-refractivity contribution in [2.75, 3.05) is 25.0 Å². The first kappa shape index (κ1) is 25.4. The maximum Gasteiger partial charge on any atom is 0.321 e. The molecule has 0 unspecified atom stereocenters. The largest absolute Gasteiger partial charge is 0.357 e. The molecule has 2 heterocycles. The molecule has 3 N–H and O–H groups in total. The van der Waals surface area contributed by atoms with Crippen molar-refractivity contribution < 1.29 is 4.79 Å². The van der Waals surface area contributed by atoms with E-state index in [1.54, 1.807) is 11.3 Å². The highest BCUT2D eigenvalue weighted by Crippen LogP contribution is 2.18. The van der Waals surface area contributed by atoms with E-state index in [-0.39, 0.29) is 30.0 Å². The van der Waals surface area contributed by atoms with Crippen molar-refractivity contribution in [3.63, 3.8) is 0 Å². The van der Waals surface area contributed by atoms with E-state index in [4.69, 9.17) is 0 Å². The SMILES string of the molecule is CCNC(=NCc1cccc(NC(=O)N2CCCC2)c1)NCc1nc(C(C)C)cs1.I. The van der Waals surface area contributed by atoms with Crippen LogP contribution in [0.5, 0.6) is 0 Å². The highest BCUT2D eigenvalue weighted by Gasteiger charge is 2.17. The van der Waals surface area contributed by atoms with Crippen molar-refractivity contribution in [2.24, 2.45) is 4.99 Å². The van der Waals surface area contributed by atoms with Crippen molar-refractivity contribution in [3.8, 4) is 0 Å². The van der Waals surface area contributed by atoms with E-state index in [2.05, 4.69) is 45.2 Å². The average molecular weight is 557 g/mol. The summed E-state index contributed by atoms with van der Waals surface area (Å²) >= 11 is 1.67. The predicted molar refractivity (Wildman–Crippen MR) is 140 cm³/mol. The number of halogens is 1. The van der Waals surface area contributed by atoms with Crippen molar-refractivity contribution in [3.05, 3.63) is 45.9 Å². The number of anilines is 1. The molecule has 1 saturated heterocycles. The smallest absolute Gasteiger partial charge is 0.321 e. The van der Waals surface area contributed by atoms with Gasteiger partial charge in [-0.15, -0.1) is 35.3 Å². The Bertz CT molecular complexity index is 863. The van der Waals surface area contributed by atoms with Gasteiger partial charge in [0.1, 0.15) is 5.01 Å². The van der Waals surface area contributed by atoms with Crippen LogP contribution in [-0.2, 0) is 13.1 Å². The molecular formula is C22H33IN6OS. The van der Waals surface area contributed by atoms with Crippen LogP contribution in [0.3, 0.4) is 0 Å². The first-order valence-corrected chi connectivity index (χ1v) is 11.5. The molecule has 2 aromatic rings. The molecule has 1 aromatic heterocycles. The second-order valence-corrected chi connectivity index (χ2v) is 8.64. The molecule has 0 atom stereocenters. The number of carbonyl (C=O) groups excluding carboxylic acids is 1. The topological polar surface area (TPSA) is 81.7 Å². The molecule has 1 aliphatic heterocycles. The highest BCUT2D eigenvalue weighted by atomic mass is 127. The van der Waals surface area contributed by atoms with E-state index in [1.165, 1.54) is 0 Å². The summed E-state index contributed by atoms with van der Waals surface area (Å²) in [7, 11) is 0. The number of thiazole rings is 1. The van der Waals surface area contributed by atoms with Crippen molar-refractivity contribution in [1.82, 2.24) is 20.5 Å². The quantitative estimate of drug-likeness (QED) is 0.261. The molecule has 0 aliphatic carbocycles. The number of likely N-dealkylation sites (tertiary alicyclic amines) is 1. The van der Waals surface area contributed by atoms with Gasteiger partial charge in [-0.1, -0.05) is 26.0 Å². The normalized spacial score (nSPS) is 13.8. The Morgan fingerprint density at radius 2 is 2.03 bits per heavy atom. The number of guanidine groups is 1. The molecular weight excluding hydrogens is 523 g/mol. The number of nitrogens with zero attached hydrogens (tertiary/aromatic N) is 3. The number of hydrogen-bond donors (Lipinski definition) is 3. The van der Waals surface area contributed by atoms with E-state index >= 15 is 0 Å². The van der Waals surface area contributed by atoms with Crippen LogP contribution in [0.25, 0.3) is 0 Å². The third-order valence-corrected chi connectivity index (χ3v) is 5.77. The minimum atomic E-state index is -0.0210. The minimum Gasteiger partial charge on any atom is -0.357 e. The lowest BCUT2D eigenvalue weighted by Gasteiger charge is -2.16. The summed E-state index contributed by atoms with van der Waals surface area (Å²) in [6.45, 7) is 9.99. The van der Waals surface area contributed by atoms with Gasteiger partial charge in [0.05, 0.1) is 18.8 Å². The van der Waals surface area contributed by atoms with E-state index in [1.807, 2.05) is 36.1 Å². The van der Waals surface area contributed by atoms with Crippen molar-refractivity contribution in [1.29, 1.82) is 0 Å². The molecule has 170 valence electrons. The number of amides is 2. The third kappa shape index (κ3) is 7.95. The van der Waals surface area contributed by atoms with Crippen molar-refractivity contribution in [2.45, 2.75) is 52.6 Å². The molecule has 1 aliphatic rings. The van der Waals surface area contributed by atoms with Gasteiger partial charge in [-0.25, -0.2) is 14.8 Å². The van der Waals surface area contributed by atoms with Crippen LogP contribution in [0, 0.1) is 0 Å². The van der Waals surface area contributed by atoms with Crippen LogP contribution in [0.1, 0.15) is 55.8 Å². The van der Waals surface area contributed by atoms with Gasteiger partial charge >= 0.3 is 6.03 Å². The zero-order valence-electron chi connectivity index (χ0n) is 18.5. The minimum absolute atomic E-state index is 0. The second kappa shape index (κ2) is 12.8. The Labute approximate surface area is 206 Å². The number of nitrogens with one attached hydrogen (secondary N) is 3. The highest BCUT2D eigenvalue weighted by molar-refractivity contribution is 14.0. The Balaban J connectivity index is 0.00000341. The molecule has 1 fully saturated rings. The molecule has 1 aromatic carbocycles. The lowest BCUT2D eigenvalue weighted by Crippen LogP contribution is -2.36. The summed E-state index contributed by atoms with van der Waals surface area (Å²) in [5, 5.41) is 12.8. The lowest BCUT2D eigenvalue weighted by molar-refractivity contribution is 0.222. The number of rotatable bonds is 7. The van der Waals surface area contributed by atoms with Gasteiger partial charge in [-0.3, -0.25) is 0 Å². The van der Waals surface area contributed by atoms with Gasteiger partial charge in [-0.2, -0.15) is 0 Å². The van der Waals surface area contributed by atoms with E-state index in [0.29, 0.717) is 19.0 Å². The van der Waals surface area contributed by atoms with Gasteiger partial charge in [0, 0.05) is 30.7 Å². The Morgan fingerprint density at radius 3 is 2.71 bits per heavy atom. The van der Waals surface area contributed by atoms with Gasteiger partial charge < -0.3 is 20.9 Å². The summed E-state index contributed by atoms with van der Waals surface area (Å²) in [5.41, 5.74) is 2.98. The molecule has 0 bridgehead atoms. The van der Waals surface area contributed by atoms with E-state index in [0.717, 1.165) is 60.4 Å². The molecule has 9 heteroatoms. The zero-order chi connectivity index (χ0) is 21.3. The van der Waals surface area contributed by atoms with Crippen molar-refractivity contribution >= 4 is 53.0 Å². The van der Waals surface area contributed by atoms with Crippen LogP contribution in [-0.4, -0.2) is 41.5 Å². The molecule has 0 spiro atoms. The number of benzene rings is 1. The van der Waals surface area contributed by atoms with Gasteiger partial charge in [0.2, 0.25) is 0 Å². The molecule has 7 nitrogen and oxygen atoms in total. The zero-order valence-corrected chi connectivity index (χ0v) is 21.6. The van der Waals surface area contributed by atoms with E-state index in [9.17, 15) is 4.79 Å². The fourth-order valence-corrected chi connectivity index (χ4v) is 4.11. The van der Waals surface area contributed by atoms with Crippen LogP contribution < -0.4 is 16.0 Å². The Morgan fingerprint density at radius 1 is 1.26 bits per heavy atom. The summed E-state index contributed by atoms with van der Waals surface area (Å²) in [6, 6.07) is 7.85. The Hall–Kier alpha value is -1.88. The van der Waals surface area contributed by atoms with Gasteiger partial charge in [0.25, 0.3) is 0 Å². The predicted octanol–water partition coefficient (Wildman–Crippen LogP) is 4.77. The number of carbonyl (C=O) groups is 1. The maximum atomic E-state index is 12.3. The fourth-order valence-electron chi connectivity index (χ4n) is 3.21. The number of urea groups is 1.